The molecule has 0 heterocycles. The van der Waals surface area contributed by atoms with E-state index in [2.05, 4.69) is 24.1 Å². The normalized spacial score (nSPS) is 15.5. The number of nitrogens with zero attached hydrogens (tertiary/aromatic N) is 1. The van der Waals surface area contributed by atoms with Crippen molar-refractivity contribution in [2.24, 2.45) is 5.92 Å². The maximum Gasteiger partial charge on any atom is 0.328 e. The van der Waals surface area contributed by atoms with E-state index >= 15 is 0 Å². The van der Waals surface area contributed by atoms with Crippen molar-refractivity contribution in [3.8, 4) is 0 Å². The Morgan fingerprint density at radius 3 is 2.79 bits per heavy atom. The molecule has 0 radical (unpaired) electrons. The molecule has 3 nitrogen and oxygen atoms in total. The lowest BCUT2D eigenvalue weighted by atomic mass is 9.85. The summed E-state index contributed by atoms with van der Waals surface area (Å²) in [7, 11) is 2.08. The highest BCUT2D eigenvalue weighted by atomic mass is 16.4. The highest BCUT2D eigenvalue weighted by molar-refractivity contribution is 5.87. The number of carboxylic acids is 1. The van der Waals surface area contributed by atoms with Crippen molar-refractivity contribution in [3.63, 3.8) is 0 Å². The second-order valence-electron chi connectivity index (χ2n) is 5.41. The Labute approximate surface area is 114 Å². The second-order valence-corrected chi connectivity index (χ2v) is 5.41. The van der Waals surface area contributed by atoms with Crippen LogP contribution in [0.3, 0.4) is 0 Å². The number of benzene rings is 1. The molecule has 1 N–H and O–H groups in total. The monoisotopic (exact) mass is 259 g/mol. The molecular formula is C16H21NO2. The lowest BCUT2D eigenvalue weighted by Crippen LogP contribution is -2.29. The third-order valence-electron chi connectivity index (χ3n) is 3.76. The Bertz CT molecular complexity index is 490. The summed E-state index contributed by atoms with van der Waals surface area (Å²) in [6, 6.07) is 6.19. The Kier molecular flexibility index (Phi) is 4.25. The SMILES string of the molecule is Cc1ccc(N(C)CC2CCC2)c(/C=C/C(=O)O)c1. The van der Waals surface area contributed by atoms with Gasteiger partial charge in [-0.3, -0.25) is 0 Å². The lowest BCUT2D eigenvalue weighted by molar-refractivity contribution is -0.131. The molecule has 0 spiro atoms. The molecule has 1 fully saturated rings. The number of anilines is 1. The van der Waals surface area contributed by atoms with Gasteiger partial charge in [0.2, 0.25) is 0 Å². The van der Waals surface area contributed by atoms with Gasteiger partial charge in [-0.15, -0.1) is 0 Å². The first-order chi connectivity index (χ1) is 9.06. The summed E-state index contributed by atoms with van der Waals surface area (Å²) < 4.78 is 0. The van der Waals surface area contributed by atoms with Gasteiger partial charge < -0.3 is 10.0 Å². The largest absolute Gasteiger partial charge is 0.478 e. The third kappa shape index (κ3) is 3.60. The predicted molar refractivity (Wildman–Crippen MR) is 78.5 cm³/mol. The molecule has 1 aromatic rings. The average molecular weight is 259 g/mol. The molecule has 0 aliphatic heterocycles. The van der Waals surface area contributed by atoms with E-state index in [4.69, 9.17) is 5.11 Å². The van der Waals surface area contributed by atoms with Crippen LogP contribution < -0.4 is 4.90 Å². The van der Waals surface area contributed by atoms with Crippen molar-refractivity contribution in [2.45, 2.75) is 26.2 Å². The van der Waals surface area contributed by atoms with Crippen molar-refractivity contribution in [2.75, 3.05) is 18.5 Å². The van der Waals surface area contributed by atoms with Crippen LogP contribution in [0.15, 0.2) is 24.3 Å². The fourth-order valence-electron chi connectivity index (χ4n) is 2.48. The zero-order chi connectivity index (χ0) is 13.8. The Morgan fingerprint density at radius 1 is 1.47 bits per heavy atom. The molecule has 0 saturated heterocycles. The molecule has 0 atom stereocenters. The molecule has 3 heteroatoms. The van der Waals surface area contributed by atoms with E-state index in [9.17, 15) is 4.79 Å². The fourth-order valence-corrected chi connectivity index (χ4v) is 2.48. The van der Waals surface area contributed by atoms with Crippen LogP contribution in [0.5, 0.6) is 0 Å². The predicted octanol–water partition coefficient (Wildman–Crippen LogP) is 3.33. The zero-order valence-corrected chi connectivity index (χ0v) is 11.6. The lowest BCUT2D eigenvalue weighted by Gasteiger charge is -2.32. The molecule has 102 valence electrons. The maximum absolute atomic E-state index is 10.7. The van der Waals surface area contributed by atoms with Gasteiger partial charge in [0.15, 0.2) is 0 Å². The summed E-state index contributed by atoms with van der Waals surface area (Å²) >= 11 is 0. The molecule has 0 bridgehead atoms. The number of carboxylic acid groups (broad SMARTS) is 1. The number of aryl methyl sites for hydroxylation is 1. The summed E-state index contributed by atoms with van der Waals surface area (Å²) in [5, 5.41) is 8.77. The van der Waals surface area contributed by atoms with Gasteiger partial charge in [0.1, 0.15) is 0 Å². The minimum atomic E-state index is -0.908. The van der Waals surface area contributed by atoms with Gasteiger partial charge in [-0.05, 0) is 49.5 Å². The van der Waals surface area contributed by atoms with Crippen molar-refractivity contribution >= 4 is 17.7 Å². The molecule has 0 unspecified atom stereocenters. The summed E-state index contributed by atoms with van der Waals surface area (Å²) in [4.78, 5) is 12.9. The highest BCUT2D eigenvalue weighted by Gasteiger charge is 2.19. The minimum Gasteiger partial charge on any atom is -0.478 e. The molecule has 1 aliphatic rings. The summed E-state index contributed by atoms with van der Waals surface area (Å²) in [5.74, 6) is -0.114. The topological polar surface area (TPSA) is 40.5 Å². The molecule has 0 aromatic heterocycles. The minimum absolute atomic E-state index is 0.794. The molecule has 1 aliphatic carbocycles. The maximum atomic E-state index is 10.7. The smallest absolute Gasteiger partial charge is 0.328 e. The molecular weight excluding hydrogens is 238 g/mol. The van der Waals surface area contributed by atoms with Crippen LogP contribution in [0.4, 0.5) is 5.69 Å². The van der Waals surface area contributed by atoms with Crippen molar-refractivity contribution in [3.05, 3.63) is 35.4 Å². The van der Waals surface area contributed by atoms with Crippen LogP contribution in [-0.2, 0) is 4.79 Å². The summed E-state index contributed by atoms with van der Waals surface area (Å²) in [6.45, 7) is 3.07. The Morgan fingerprint density at radius 2 is 2.21 bits per heavy atom. The van der Waals surface area contributed by atoms with Crippen LogP contribution >= 0.6 is 0 Å². The van der Waals surface area contributed by atoms with Crippen molar-refractivity contribution < 1.29 is 9.90 Å². The second kappa shape index (κ2) is 5.91. The van der Waals surface area contributed by atoms with Gasteiger partial charge in [-0.25, -0.2) is 4.79 Å². The van der Waals surface area contributed by atoms with E-state index in [1.165, 1.54) is 25.3 Å². The third-order valence-corrected chi connectivity index (χ3v) is 3.76. The standard InChI is InChI=1S/C16H21NO2/c1-12-6-8-15(14(10-12)7-9-16(18)19)17(2)11-13-4-3-5-13/h6-10,13H,3-5,11H2,1-2H3,(H,18,19)/b9-7+. The fraction of sp³-hybridized carbons (Fsp3) is 0.438. The van der Waals surface area contributed by atoms with Crippen LogP contribution in [0.1, 0.15) is 30.4 Å². The number of rotatable bonds is 5. The summed E-state index contributed by atoms with van der Waals surface area (Å²) in [6.07, 6.45) is 6.86. The highest BCUT2D eigenvalue weighted by Crippen LogP contribution is 2.30. The Balaban J connectivity index is 2.19. The van der Waals surface area contributed by atoms with E-state index in [1.54, 1.807) is 6.08 Å². The van der Waals surface area contributed by atoms with Crippen molar-refractivity contribution in [1.29, 1.82) is 0 Å². The molecule has 0 amide bonds. The molecule has 1 saturated carbocycles. The molecule has 2 rings (SSSR count). The quantitative estimate of drug-likeness (QED) is 0.825. The van der Waals surface area contributed by atoms with Gasteiger partial charge in [0.25, 0.3) is 0 Å². The van der Waals surface area contributed by atoms with E-state index in [-0.39, 0.29) is 0 Å². The van der Waals surface area contributed by atoms with E-state index in [0.29, 0.717) is 0 Å². The molecule has 19 heavy (non-hydrogen) atoms. The molecule has 1 aromatic carbocycles. The van der Waals surface area contributed by atoms with Gasteiger partial charge in [-0.1, -0.05) is 18.1 Å². The number of hydrogen-bond donors (Lipinski definition) is 1. The van der Waals surface area contributed by atoms with E-state index < -0.39 is 5.97 Å². The average Bonchev–Trinajstić information content (AvgIpc) is 2.31. The van der Waals surface area contributed by atoms with Crippen LogP contribution in [0.2, 0.25) is 0 Å². The zero-order valence-electron chi connectivity index (χ0n) is 11.6. The van der Waals surface area contributed by atoms with Crippen molar-refractivity contribution in [1.82, 2.24) is 0 Å². The van der Waals surface area contributed by atoms with E-state index in [1.807, 2.05) is 13.0 Å². The van der Waals surface area contributed by atoms with Gasteiger partial charge in [-0.2, -0.15) is 0 Å². The first kappa shape index (κ1) is 13.7. The van der Waals surface area contributed by atoms with Crippen LogP contribution in [0.25, 0.3) is 6.08 Å². The van der Waals surface area contributed by atoms with Gasteiger partial charge in [0.05, 0.1) is 0 Å². The number of carbonyl (C=O) groups is 1. The summed E-state index contributed by atoms with van der Waals surface area (Å²) in [5.41, 5.74) is 3.23. The van der Waals surface area contributed by atoms with Gasteiger partial charge >= 0.3 is 5.97 Å². The first-order valence-electron chi connectivity index (χ1n) is 6.79. The van der Waals surface area contributed by atoms with E-state index in [0.717, 1.165) is 29.3 Å². The first-order valence-corrected chi connectivity index (χ1v) is 6.79. The Hall–Kier alpha value is -1.77. The number of hydrogen-bond acceptors (Lipinski definition) is 2. The van der Waals surface area contributed by atoms with Crippen LogP contribution in [0, 0.1) is 12.8 Å². The number of aliphatic carboxylic acids is 1. The van der Waals surface area contributed by atoms with Gasteiger partial charge in [0, 0.05) is 25.4 Å². The van der Waals surface area contributed by atoms with Crippen LogP contribution in [-0.4, -0.2) is 24.7 Å².